The van der Waals surface area contributed by atoms with Crippen molar-refractivity contribution in [2.24, 2.45) is 17.1 Å². The summed E-state index contributed by atoms with van der Waals surface area (Å²) in [6, 6.07) is 5.80. The Morgan fingerprint density at radius 1 is 1.42 bits per heavy atom. The third-order valence-corrected chi connectivity index (χ3v) is 4.43. The number of hydrogen-bond acceptors (Lipinski definition) is 2. The Morgan fingerprint density at radius 2 is 2.11 bits per heavy atom. The minimum atomic E-state index is 0.338. The van der Waals surface area contributed by atoms with Crippen molar-refractivity contribution in [2.45, 2.75) is 27.2 Å². The van der Waals surface area contributed by atoms with E-state index < -0.39 is 0 Å². The number of rotatable bonds is 2. The van der Waals surface area contributed by atoms with Gasteiger partial charge in [0.1, 0.15) is 4.99 Å². The molecule has 1 unspecified atom stereocenters. The first kappa shape index (κ1) is 14.6. The predicted octanol–water partition coefficient (Wildman–Crippen LogP) is 3.85. The Labute approximate surface area is 125 Å². The second-order valence-electron chi connectivity index (χ2n) is 6.32. The Bertz CT molecular complexity index is 493. The summed E-state index contributed by atoms with van der Waals surface area (Å²) in [6.45, 7) is 9.02. The largest absolute Gasteiger partial charge is 0.389 e. The maximum absolute atomic E-state index is 6.04. The first-order valence-electron chi connectivity index (χ1n) is 6.63. The number of benzene rings is 1. The van der Waals surface area contributed by atoms with Crippen LogP contribution < -0.4 is 10.6 Å². The van der Waals surface area contributed by atoms with E-state index >= 15 is 0 Å². The number of nitrogens with two attached hydrogens (primary N) is 1. The van der Waals surface area contributed by atoms with Gasteiger partial charge in [-0.25, -0.2) is 0 Å². The van der Waals surface area contributed by atoms with Gasteiger partial charge in [-0.05, 0) is 36.0 Å². The molecule has 1 heterocycles. The molecule has 1 aliphatic heterocycles. The fourth-order valence-corrected chi connectivity index (χ4v) is 3.00. The van der Waals surface area contributed by atoms with E-state index in [-0.39, 0.29) is 0 Å². The zero-order chi connectivity index (χ0) is 14.2. The highest BCUT2D eigenvalue weighted by Crippen LogP contribution is 2.37. The van der Waals surface area contributed by atoms with Crippen molar-refractivity contribution in [1.82, 2.24) is 0 Å². The van der Waals surface area contributed by atoms with Gasteiger partial charge in [0, 0.05) is 29.4 Å². The van der Waals surface area contributed by atoms with E-state index in [1.165, 1.54) is 6.42 Å². The van der Waals surface area contributed by atoms with Crippen molar-refractivity contribution in [3.05, 3.63) is 28.8 Å². The van der Waals surface area contributed by atoms with Crippen molar-refractivity contribution in [2.75, 3.05) is 18.0 Å². The summed E-state index contributed by atoms with van der Waals surface area (Å²) in [5.74, 6) is 0.697. The molecule has 0 radical (unpaired) electrons. The molecule has 0 spiro atoms. The van der Waals surface area contributed by atoms with Crippen LogP contribution in [-0.4, -0.2) is 18.1 Å². The van der Waals surface area contributed by atoms with Crippen molar-refractivity contribution in [3.8, 4) is 0 Å². The molecule has 4 heteroatoms. The van der Waals surface area contributed by atoms with Crippen LogP contribution in [0, 0.1) is 11.3 Å². The van der Waals surface area contributed by atoms with Crippen LogP contribution in [0.5, 0.6) is 0 Å². The van der Waals surface area contributed by atoms with Crippen LogP contribution in [0.3, 0.4) is 0 Å². The summed E-state index contributed by atoms with van der Waals surface area (Å²) >= 11 is 11.2. The molecule has 1 aliphatic rings. The monoisotopic (exact) mass is 296 g/mol. The third-order valence-electron chi connectivity index (χ3n) is 3.98. The second kappa shape index (κ2) is 5.29. The van der Waals surface area contributed by atoms with E-state index in [0.717, 1.165) is 24.3 Å². The molecule has 2 nitrogen and oxygen atoms in total. The van der Waals surface area contributed by atoms with Crippen molar-refractivity contribution in [1.29, 1.82) is 0 Å². The Balaban J connectivity index is 2.27. The van der Waals surface area contributed by atoms with Gasteiger partial charge in [-0.1, -0.05) is 44.6 Å². The number of nitrogens with zero attached hydrogens (tertiary/aromatic N) is 1. The van der Waals surface area contributed by atoms with Gasteiger partial charge in [0.05, 0.1) is 0 Å². The Kier molecular flexibility index (Phi) is 4.07. The second-order valence-corrected chi connectivity index (χ2v) is 7.20. The van der Waals surface area contributed by atoms with Gasteiger partial charge in [0.15, 0.2) is 0 Å². The van der Waals surface area contributed by atoms with E-state index in [9.17, 15) is 0 Å². The average molecular weight is 297 g/mol. The molecule has 0 aliphatic carbocycles. The molecule has 2 rings (SSSR count). The molecule has 0 bridgehead atoms. The highest BCUT2D eigenvalue weighted by Gasteiger charge is 2.32. The van der Waals surface area contributed by atoms with Crippen LogP contribution in [0.4, 0.5) is 5.69 Å². The lowest BCUT2D eigenvalue weighted by atomic mass is 9.80. The molecule has 19 heavy (non-hydrogen) atoms. The van der Waals surface area contributed by atoms with Crippen LogP contribution in [0.15, 0.2) is 18.2 Å². The first-order valence-corrected chi connectivity index (χ1v) is 7.42. The molecule has 104 valence electrons. The molecular formula is C15H21ClN2S. The number of thiocarbonyl (C=S) groups is 1. The summed E-state index contributed by atoms with van der Waals surface area (Å²) in [6.07, 6.45) is 1.21. The molecule has 1 atom stereocenters. The number of halogens is 1. The zero-order valence-corrected chi connectivity index (χ0v) is 13.3. The molecule has 1 saturated heterocycles. The molecule has 1 aromatic rings. The van der Waals surface area contributed by atoms with Gasteiger partial charge >= 0.3 is 0 Å². The van der Waals surface area contributed by atoms with Crippen LogP contribution in [0.25, 0.3) is 0 Å². The van der Waals surface area contributed by atoms with Crippen molar-refractivity contribution < 1.29 is 0 Å². The van der Waals surface area contributed by atoms with Gasteiger partial charge in [-0.3, -0.25) is 0 Å². The quantitative estimate of drug-likeness (QED) is 0.841. The predicted molar refractivity (Wildman–Crippen MR) is 87.1 cm³/mol. The molecule has 0 aromatic heterocycles. The minimum Gasteiger partial charge on any atom is -0.389 e. The summed E-state index contributed by atoms with van der Waals surface area (Å²) in [7, 11) is 0. The molecular weight excluding hydrogens is 276 g/mol. The summed E-state index contributed by atoms with van der Waals surface area (Å²) < 4.78 is 0. The molecule has 0 amide bonds. The van der Waals surface area contributed by atoms with Crippen molar-refractivity contribution in [3.63, 3.8) is 0 Å². The van der Waals surface area contributed by atoms with Crippen LogP contribution in [0.1, 0.15) is 32.8 Å². The Morgan fingerprint density at radius 3 is 2.63 bits per heavy atom. The van der Waals surface area contributed by atoms with Crippen molar-refractivity contribution >= 4 is 34.5 Å². The smallest absolute Gasteiger partial charge is 0.106 e. The highest BCUT2D eigenvalue weighted by molar-refractivity contribution is 7.80. The molecule has 1 aromatic carbocycles. The number of anilines is 1. The topological polar surface area (TPSA) is 29.3 Å². The summed E-state index contributed by atoms with van der Waals surface area (Å²) in [5, 5.41) is 0.679. The van der Waals surface area contributed by atoms with Gasteiger partial charge in [0.2, 0.25) is 0 Å². The van der Waals surface area contributed by atoms with Crippen LogP contribution in [0.2, 0.25) is 5.02 Å². The number of hydrogen-bond donors (Lipinski definition) is 1. The fourth-order valence-electron chi connectivity index (χ4n) is 2.67. The van der Waals surface area contributed by atoms with Gasteiger partial charge < -0.3 is 10.6 Å². The van der Waals surface area contributed by atoms with Gasteiger partial charge in [0.25, 0.3) is 0 Å². The SMILES string of the molecule is CC(C)(C)C1CCN(c2ccc(Cl)cc2C(N)=S)C1. The summed E-state index contributed by atoms with van der Waals surface area (Å²) in [5.41, 5.74) is 8.16. The maximum Gasteiger partial charge on any atom is 0.106 e. The Hall–Kier alpha value is -0.800. The average Bonchev–Trinajstić information content (AvgIpc) is 2.77. The lowest BCUT2D eigenvalue weighted by Crippen LogP contribution is -2.27. The summed E-state index contributed by atoms with van der Waals surface area (Å²) in [4.78, 5) is 2.79. The normalized spacial score (nSPS) is 19.8. The molecule has 2 N–H and O–H groups in total. The fraction of sp³-hybridized carbons (Fsp3) is 0.533. The third kappa shape index (κ3) is 3.21. The zero-order valence-electron chi connectivity index (χ0n) is 11.7. The standard InChI is InChI=1S/C15H21ClN2S/c1-15(2,3)10-6-7-18(9-10)13-5-4-11(16)8-12(13)14(17)19/h4-5,8,10H,6-7,9H2,1-3H3,(H2,17,19). The van der Waals surface area contributed by atoms with E-state index in [1.807, 2.05) is 18.2 Å². The molecule has 1 fully saturated rings. The minimum absolute atomic E-state index is 0.338. The van der Waals surface area contributed by atoms with Crippen LogP contribution in [-0.2, 0) is 0 Å². The first-order chi connectivity index (χ1) is 8.79. The van der Waals surface area contributed by atoms with Crippen LogP contribution >= 0.6 is 23.8 Å². The maximum atomic E-state index is 6.04. The van der Waals surface area contributed by atoms with E-state index in [2.05, 4.69) is 25.7 Å². The van der Waals surface area contributed by atoms with E-state index in [1.54, 1.807) is 0 Å². The lowest BCUT2D eigenvalue weighted by Gasteiger charge is -2.28. The molecule has 0 saturated carbocycles. The van der Waals surface area contributed by atoms with E-state index in [4.69, 9.17) is 29.6 Å². The highest BCUT2D eigenvalue weighted by atomic mass is 35.5. The lowest BCUT2D eigenvalue weighted by molar-refractivity contribution is 0.263. The van der Waals surface area contributed by atoms with E-state index in [0.29, 0.717) is 21.3 Å². The van der Waals surface area contributed by atoms with Gasteiger partial charge in [-0.15, -0.1) is 0 Å². The van der Waals surface area contributed by atoms with Gasteiger partial charge in [-0.2, -0.15) is 0 Å².